The minimum Gasteiger partial charge on any atom is -0.465 e. The molecule has 1 atom stereocenters. The van der Waals surface area contributed by atoms with Gasteiger partial charge in [-0.3, -0.25) is 4.79 Å². The van der Waals surface area contributed by atoms with E-state index in [1.54, 1.807) is 6.92 Å². The molecule has 0 aromatic heterocycles. The van der Waals surface area contributed by atoms with Crippen molar-refractivity contribution in [3.05, 3.63) is 0 Å². The standard InChI is InChI=1S/C15H23F7O2S/c1-4-6-11(12(23)24-9-10(2)3)25-8-5-7-13(16,17)14(18,19)15(20,21)22/h10-11H,4-9H2,1-3H3. The van der Waals surface area contributed by atoms with Crippen molar-refractivity contribution in [3.8, 4) is 0 Å². The fourth-order valence-electron chi connectivity index (χ4n) is 1.76. The molecular weight excluding hydrogens is 377 g/mol. The average molecular weight is 400 g/mol. The van der Waals surface area contributed by atoms with Gasteiger partial charge in [-0.1, -0.05) is 27.2 Å². The van der Waals surface area contributed by atoms with Crippen LogP contribution in [-0.2, 0) is 9.53 Å². The Morgan fingerprint density at radius 3 is 2.08 bits per heavy atom. The molecule has 0 aromatic carbocycles. The third-order valence-corrected chi connectivity index (χ3v) is 4.50. The third kappa shape index (κ3) is 7.62. The molecule has 2 nitrogen and oxygen atoms in total. The SMILES string of the molecule is CCCC(SCCCC(F)(F)C(F)(F)C(F)(F)F)C(=O)OCC(C)C. The summed E-state index contributed by atoms with van der Waals surface area (Å²) < 4.78 is 93.0. The number of thioether (sulfide) groups is 1. The van der Waals surface area contributed by atoms with Gasteiger partial charge >= 0.3 is 24.0 Å². The Hall–Kier alpha value is -0.670. The second-order valence-corrected chi connectivity index (χ2v) is 7.36. The Balaban J connectivity index is 4.53. The molecule has 1 unspecified atom stereocenters. The zero-order valence-electron chi connectivity index (χ0n) is 14.3. The number of hydrogen-bond donors (Lipinski definition) is 0. The molecule has 0 radical (unpaired) electrons. The van der Waals surface area contributed by atoms with Crippen molar-refractivity contribution in [2.75, 3.05) is 12.4 Å². The Morgan fingerprint density at radius 1 is 1.08 bits per heavy atom. The molecule has 0 heterocycles. The summed E-state index contributed by atoms with van der Waals surface area (Å²) in [5.41, 5.74) is 0. The van der Waals surface area contributed by atoms with E-state index in [-0.39, 0.29) is 18.3 Å². The molecule has 0 aliphatic rings. The number of esters is 1. The molecule has 150 valence electrons. The normalized spacial score (nSPS) is 14.7. The molecular formula is C15H23F7O2S. The zero-order valence-corrected chi connectivity index (χ0v) is 15.1. The smallest absolute Gasteiger partial charge is 0.459 e. The summed E-state index contributed by atoms with van der Waals surface area (Å²) in [4.78, 5) is 11.9. The van der Waals surface area contributed by atoms with Crippen molar-refractivity contribution >= 4 is 17.7 Å². The van der Waals surface area contributed by atoms with Crippen LogP contribution in [0.1, 0.15) is 46.5 Å². The summed E-state index contributed by atoms with van der Waals surface area (Å²) >= 11 is 0.931. The topological polar surface area (TPSA) is 26.3 Å². The number of carbonyl (C=O) groups is 1. The van der Waals surface area contributed by atoms with Gasteiger partial charge in [-0.25, -0.2) is 0 Å². The van der Waals surface area contributed by atoms with E-state index < -0.39 is 42.1 Å². The van der Waals surface area contributed by atoms with Crippen LogP contribution in [0.2, 0.25) is 0 Å². The van der Waals surface area contributed by atoms with E-state index >= 15 is 0 Å². The maximum absolute atomic E-state index is 13.2. The quantitative estimate of drug-likeness (QED) is 0.253. The van der Waals surface area contributed by atoms with E-state index in [0.717, 1.165) is 11.8 Å². The Bertz CT molecular complexity index is 411. The maximum atomic E-state index is 13.2. The van der Waals surface area contributed by atoms with Crippen molar-refractivity contribution in [3.63, 3.8) is 0 Å². The lowest BCUT2D eigenvalue weighted by atomic mass is 10.1. The number of ether oxygens (including phenoxy) is 1. The molecule has 0 amide bonds. The van der Waals surface area contributed by atoms with Crippen molar-refractivity contribution in [2.24, 2.45) is 5.92 Å². The Morgan fingerprint density at radius 2 is 1.64 bits per heavy atom. The first kappa shape index (κ1) is 24.3. The number of rotatable bonds is 11. The summed E-state index contributed by atoms with van der Waals surface area (Å²) in [5, 5.41) is -0.652. The monoisotopic (exact) mass is 400 g/mol. The summed E-state index contributed by atoms with van der Waals surface area (Å²) in [6, 6.07) is 0. The average Bonchev–Trinajstić information content (AvgIpc) is 2.46. The predicted molar refractivity (Wildman–Crippen MR) is 82.1 cm³/mol. The molecule has 0 spiro atoms. The van der Waals surface area contributed by atoms with Crippen LogP contribution in [0.4, 0.5) is 30.7 Å². The molecule has 0 saturated heterocycles. The molecule has 0 N–H and O–H groups in total. The van der Waals surface area contributed by atoms with Gasteiger partial charge in [-0.15, -0.1) is 11.8 Å². The van der Waals surface area contributed by atoms with Crippen LogP contribution in [0, 0.1) is 5.92 Å². The molecule has 0 rings (SSSR count). The van der Waals surface area contributed by atoms with Gasteiger partial charge in [0, 0.05) is 6.42 Å². The van der Waals surface area contributed by atoms with Crippen molar-refractivity contribution in [1.82, 2.24) is 0 Å². The van der Waals surface area contributed by atoms with Crippen LogP contribution in [0.5, 0.6) is 0 Å². The summed E-state index contributed by atoms with van der Waals surface area (Å²) in [6.07, 6.45) is -7.50. The number of halogens is 7. The van der Waals surface area contributed by atoms with Gasteiger partial charge in [0.15, 0.2) is 0 Å². The summed E-state index contributed by atoms with van der Waals surface area (Å²) in [7, 11) is 0. The maximum Gasteiger partial charge on any atom is 0.459 e. The lowest BCUT2D eigenvalue weighted by molar-refractivity contribution is -0.355. The third-order valence-electron chi connectivity index (χ3n) is 3.14. The molecule has 0 fully saturated rings. The van der Waals surface area contributed by atoms with Crippen LogP contribution >= 0.6 is 11.8 Å². The molecule has 0 aliphatic heterocycles. The Labute approximate surface area is 146 Å². The number of hydrogen-bond acceptors (Lipinski definition) is 3. The molecule has 0 saturated carbocycles. The first-order valence-corrected chi connectivity index (χ1v) is 8.91. The van der Waals surface area contributed by atoms with Gasteiger partial charge in [0.25, 0.3) is 0 Å². The van der Waals surface area contributed by atoms with Crippen LogP contribution in [0.3, 0.4) is 0 Å². The first-order valence-electron chi connectivity index (χ1n) is 7.86. The number of carbonyl (C=O) groups excluding carboxylic acids is 1. The highest BCUT2D eigenvalue weighted by Crippen LogP contribution is 2.48. The Kier molecular flexibility index (Phi) is 9.61. The van der Waals surface area contributed by atoms with E-state index in [9.17, 15) is 35.5 Å². The fraction of sp³-hybridized carbons (Fsp3) is 0.933. The minimum absolute atomic E-state index is 0.111. The van der Waals surface area contributed by atoms with Gasteiger partial charge in [0.05, 0.1) is 6.61 Å². The van der Waals surface area contributed by atoms with Crippen LogP contribution in [0.15, 0.2) is 0 Å². The van der Waals surface area contributed by atoms with Gasteiger partial charge in [-0.2, -0.15) is 30.7 Å². The number of alkyl halides is 7. The van der Waals surface area contributed by atoms with Gasteiger partial charge in [0.2, 0.25) is 0 Å². The minimum atomic E-state index is -6.31. The summed E-state index contributed by atoms with van der Waals surface area (Å²) in [6.45, 7) is 5.65. The second kappa shape index (κ2) is 9.87. The lowest BCUT2D eigenvalue weighted by Crippen LogP contribution is -2.51. The van der Waals surface area contributed by atoms with Crippen molar-refractivity contribution in [1.29, 1.82) is 0 Å². The van der Waals surface area contributed by atoms with Crippen LogP contribution < -0.4 is 0 Å². The second-order valence-electron chi connectivity index (χ2n) is 6.05. The van der Waals surface area contributed by atoms with Gasteiger partial charge in [0.1, 0.15) is 5.25 Å². The molecule has 25 heavy (non-hydrogen) atoms. The fourth-order valence-corrected chi connectivity index (χ4v) is 2.96. The van der Waals surface area contributed by atoms with E-state index in [1.807, 2.05) is 13.8 Å². The van der Waals surface area contributed by atoms with Crippen molar-refractivity contribution in [2.45, 2.75) is 69.7 Å². The van der Waals surface area contributed by atoms with Crippen LogP contribution in [0.25, 0.3) is 0 Å². The molecule has 0 aromatic rings. The van der Waals surface area contributed by atoms with E-state index in [4.69, 9.17) is 4.74 Å². The molecule has 0 aliphatic carbocycles. The molecule has 10 heteroatoms. The van der Waals surface area contributed by atoms with Gasteiger partial charge < -0.3 is 4.74 Å². The summed E-state index contributed by atoms with van der Waals surface area (Å²) in [5.74, 6) is -11.8. The zero-order chi connectivity index (χ0) is 19.9. The first-order chi connectivity index (χ1) is 11.3. The predicted octanol–water partition coefficient (Wildman–Crippen LogP) is 5.70. The van der Waals surface area contributed by atoms with Crippen LogP contribution in [-0.4, -0.2) is 41.6 Å². The van der Waals surface area contributed by atoms with Gasteiger partial charge in [-0.05, 0) is 24.5 Å². The van der Waals surface area contributed by atoms with E-state index in [0.29, 0.717) is 12.8 Å². The van der Waals surface area contributed by atoms with Crippen molar-refractivity contribution < 1.29 is 40.3 Å². The van der Waals surface area contributed by atoms with E-state index in [2.05, 4.69) is 0 Å². The highest BCUT2D eigenvalue weighted by Gasteiger charge is 2.72. The highest BCUT2D eigenvalue weighted by atomic mass is 32.2. The van der Waals surface area contributed by atoms with E-state index in [1.165, 1.54) is 0 Å². The lowest BCUT2D eigenvalue weighted by Gasteiger charge is -2.28. The molecule has 0 bridgehead atoms. The highest BCUT2D eigenvalue weighted by molar-refractivity contribution is 8.00. The largest absolute Gasteiger partial charge is 0.465 e.